The largest absolute Gasteiger partial charge is 0.240 e. The quantitative estimate of drug-likeness (QED) is 0.880. The van der Waals surface area contributed by atoms with Crippen LogP contribution in [0.5, 0.6) is 0 Å². The zero-order chi connectivity index (χ0) is 16.8. The first-order valence-corrected chi connectivity index (χ1v) is 11.0. The molecule has 0 amide bonds. The van der Waals surface area contributed by atoms with Crippen molar-refractivity contribution in [3.05, 3.63) is 30.3 Å². The van der Waals surface area contributed by atoms with Crippen molar-refractivity contribution in [2.75, 3.05) is 0 Å². The molecule has 1 N–H and O–H groups in total. The number of sulfonamides is 1. The highest BCUT2D eigenvalue weighted by molar-refractivity contribution is 7.89. The van der Waals surface area contributed by atoms with Crippen molar-refractivity contribution in [3.63, 3.8) is 0 Å². The van der Waals surface area contributed by atoms with Crippen molar-refractivity contribution in [3.8, 4) is 0 Å². The molecule has 0 unspecified atom stereocenters. The summed E-state index contributed by atoms with van der Waals surface area (Å²) in [7, 11) is -3.43. The molecule has 0 heterocycles. The Labute approximate surface area is 146 Å². The second-order valence-electron chi connectivity index (χ2n) is 8.61. The second kappa shape index (κ2) is 6.14. The molecule has 0 spiro atoms. The van der Waals surface area contributed by atoms with Gasteiger partial charge in [0.15, 0.2) is 0 Å². The van der Waals surface area contributed by atoms with Crippen molar-refractivity contribution in [2.24, 2.45) is 23.2 Å². The summed E-state index contributed by atoms with van der Waals surface area (Å²) < 4.78 is 28.6. The Morgan fingerprint density at radius 3 is 2.46 bits per heavy atom. The fourth-order valence-corrected chi connectivity index (χ4v) is 7.25. The van der Waals surface area contributed by atoms with E-state index in [2.05, 4.69) is 11.6 Å². The van der Waals surface area contributed by atoms with Gasteiger partial charge in [-0.15, -0.1) is 0 Å². The van der Waals surface area contributed by atoms with E-state index < -0.39 is 10.0 Å². The van der Waals surface area contributed by atoms with Crippen LogP contribution < -0.4 is 4.72 Å². The fraction of sp³-hybridized carbons (Fsp3) is 0.700. The van der Waals surface area contributed by atoms with Crippen LogP contribution in [0.15, 0.2) is 35.2 Å². The summed E-state index contributed by atoms with van der Waals surface area (Å²) in [6.45, 7) is 2.11. The molecular formula is C20H29NO2S. The molecule has 24 heavy (non-hydrogen) atoms. The minimum absolute atomic E-state index is 0.0184. The topological polar surface area (TPSA) is 46.2 Å². The van der Waals surface area contributed by atoms with Crippen LogP contribution in [-0.4, -0.2) is 14.5 Å². The minimum Gasteiger partial charge on any atom is -0.208 e. The molecule has 3 aliphatic rings. The highest BCUT2D eigenvalue weighted by Gasteiger charge is 2.48. The molecule has 1 aromatic carbocycles. The summed E-state index contributed by atoms with van der Waals surface area (Å²) in [5.41, 5.74) is 0.171. The van der Waals surface area contributed by atoms with E-state index >= 15 is 0 Å². The van der Waals surface area contributed by atoms with Gasteiger partial charge in [-0.3, -0.25) is 0 Å². The van der Waals surface area contributed by atoms with Gasteiger partial charge < -0.3 is 0 Å². The highest BCUT2D eigenvalue weighted by Crippen LogP contribution is 2.56. The number of fused-ring (bicyclic) bond motifs is 3. The highest BCUT2D eigenvalue weighted by atomic mass is 32.2. The van der Waals surface area contributed by atoms with Crippen molar-refractivity contribution in [1.82, 2.24) is 4.72 Å². The predicted molar refractivity (Wildman–Crippen MR) is 96.1 cm³/mol. The number of benzene rings is 1. The van der Waals surface area contributed by atoms with Crippen molar-refractivity contribution >= 4 is 10.0 Å². The number of nitrogens with one attached hydrogen (secondary N) is 1. The average molecular weight is 348 g/mol. The first-order chi connectivity index (χ1) is 11.5. The van der Waals surface area contributed by atoms with Gasteiger partial charge in [0.05, 0.1) is 4.90 Å². The maximum atomic E-state index is 12.8. The normalized spacial score (nSPS) is 37.0. The Balaban J connectivity index is 1.58. The monoisotopic (exact) mass is 347 g/mol. The van der Waals surface area contributed by atoms with Crippen molar-refractivity contribution in [1.29, 1.82) is 0 Å². The van der Waals surface area contributed by atoms with Crippen LogP contribution >= 0.6 is 0 Å². The average Bonchev–Trinajstić information content (AvgIpc) is 2.79. The lowest BCUT2D eigenvalue weighted by Gasteiger charge is -2.47. The lowest BCUT2D eigenvalue weighted by molar-refractivity contribution is 0.0605. The Bertz CT molecular complexity index is 683. The van der Waals surface area contributed by atoms with Crippen LogP contribution in [0.2, 0.25) is 0 Å². The van der Waals surface area contributed by atoms with Crippen LogP contribution in [0.25, 0.3) is 0 Å². The molecule has 0 saturated heterocycles. The van der Waals surface area contributed by atoms with E-state index in [0.29, 0.717) is 4.90 Å². The Kier molecular flexibility index (Phi) is 4.24. The molecule has 3 aliphatic carbocycles. The summed E-state index contributed by atoms with van der Waals surface area (Å²) in [6.07, 6.45) is 10.5. The smallest absolute Gasteiger partial charge is 0.208 e. The van der Waals surface area contributed by atoms with Gasteiger partial charge in [-0.2, -0.15) is 0 Å². The minimum atomic E-state index is -3.43. The maximum Gasteiger partial charge on any atom is 0.240 e. The molecule has 4 bridgehead atoms. The maximum absolute atomic E-state index is 12.8. The van der Waals surface area contributed by atoms with Crippen LogP contribution in [0.1, 0.15) is 58.3 Å². The van der Waals surface area contributed by atoms with Crippen molar-refractivity contribution in [2.45, 2.75) is 69.2 Å². The number of rotatable bonds is 4. The number of hydrogen-bond donors (Lipinski definition) is 1. The van der Waals surface area contributed by atoms with Crippen LogP contribution in [0.4, 0.5) is 0 Å². The third-order valence-corrected chi connectivity index (χ3v) is 8.62. The van der Waals surface area contributed by atoms with Gasteiger partial charge in [0, 0.05) is 6.04 Å². The zero-order valence-electron chi connectivity index (χ0n) is 14.6. The molecule has 4 heteroatoms. The van der Waals surface area contributed by atoms with Crippen LogP contribution in [0, 0.1) is 23.2 Å². The molecule has 3 nitrogen and oxygen atoms in total. The predicted octanol–water partition coefficient (Wildman–Crippen LogP) is 4.35. The first-order valence-electron chi connectivity index (χ1n) is 9.54. The summed E-state index contributed by atoms with van der Waals surface area (Å²) in [4.78, 5) is 0.385. The summed E-state index contributed by atoms with van der Waals surface area (Å²) >= 11 is 0. The molecule has 3 saturated carbocycles. The van der Waals surface area contributed by atoms with Crippen LogP contribution in [-0.2, 0) is 10.0 Å². The summed E-state index contributed by atoms with van der Waals surface area (Å²) in [5.74, 6) is 2.53. The van der Waals surface area contributed by atoms with Crippen LogP contribution in [0.3, 0.4) is 0 Å². The summed E-state index contributed by atoms with van der Waals surface area (Å²) in [5, 5.41) is 0. The molecule has 4 rings (SSSR count). The molecule has 0 radical (unpaired) electrons. The third-order valence-electron chi connectivity index (χ3n) is 7.06. The van der Waals surface area contributed by atoms with E-state index in [1.54, 1.807) is 24.3 Å². The molecule has 1 aromatic rings. The number of hydrogen-bond acceptors (Lipinski definition) is 2. The Hall–Kier alpha value is -0.870. The van der Waals surface area contributed by atoms with Gasteiger partial charge in [0.1, 0.15) is 0 Å². The standard InChI is InChI=1S/C20H29NO2S/c1-15(21-24(22,23)19-5-3-2-4-6-19)20-10-9-16-7-8-17(13-20)12-18(11-16)14-20/h2-6,15-18,21H,7-14H2,1H3/t15-,16-,17+,18+,20+/m0/s1. The fourth-order valence-electron chi connectivity index (χ4n) is 5.88. The lowest BCUT2D eigenvalue weighted by atomic mass is 9.61. The molecule has 132 valence electrons. The molecule has 0 aromatic heterocycles. The van der Waals surface area contributed by atoms with E-state index in [1.165, 1.54) is 51.4 Å². The first kappa shape index (κ1) is 16.6. The zero-order valence-corrected chi connectivity index (χ0v) is 15.4. The second-order valence-corrected chi connectivity index (χ2v) is 10.3. The van der Waals surface area contributed by atoms with Gasteiger partial charge in [0.2, 0.25) is 10.0 Å². The van der Waals surface area contributed by atoms with Gasteiger partial charge in [0.25, 0.3) is 0 Å². The Morgan fingerprint density at radius 2 is 1.67 bits per heavy atom. The SMILES string of the molecule is C[C@H](NS(=O)(=O)c1ccccc1)[C@@]12CC[C@@H]3CC[C@H](C[C@@H](C3)C1)C2. The van der Waals surface area contributed by atoms with E-state index in [4.69, 9.17) is 0 Å². The van der Waals surface area contributed by atoms with E-state index in [0.717, 1.165) is 17.8 Å². The van der Waals surface area contributed by atoms with Crippen molar-refractivity contribution < 1.29 is 8.42 Å². The molecule has 5 atom stereocenters. The van der Waals surface area contributed by atoms with Gasteiger partial charge in [-0.1, -0.05) is 31.0 Å². The van der Waals surface area contributed by atoms with Gasteiger partial charge in [-0.05, 0) is 80.8 Å². The van der Waals surface area contributed by atoms with E-state index in [-0.39, 0.29) is 11.5 Å². The molecule has 3 fully saturated rings. The van der Waals surface area contributed by atoms with Gasteiger partial charge in [-0.25, -0.2) is 13.1 Å². The Morgan fingerprint density at radius 1 is 1.00 bits per heavy atom. The molecular weight excluding hydrogens is 318 g/mol. The summed E-state index contributed by atoms with van der Waals surface area (Å²) in [6, 6.07) is 8.83. The van der Waals surface area contributed by atoms with E-state index in [9.17, 15) is 8.42 Å². The third kappa shape index (κ3) is 3.03. The molecule has 0 aliphatic heterocycles. The lowest BCUT2D eigenvalue weighted by Crippen LogP contribution is -2.49. The van der Waals surface area contributed by atoms with Gasteiger partial charge >= 0.3 is 0 Å². The van der Waals surface area contributed by atoms with E-state index in [1.807, 2.05) is 6.07 Å².